The Hall–Kier alpha value is -1.10. The summed E-state index contributed by atoms with van der Waals surface area (Å²) in [6.45, 7) is 2.02. The maximum atomic E-state index is 12.2. The molecule has 2 N–H and O–H groups in total. The van der Waals surface area contributed by atoms with Crippen molar-refractivity contribution in [2.45, 2.75) is 50.6 Å². The van der Waals surface area contributed by atoms with Crippen molar-refractivity contribution < 1.29 is 14.7 Å². The molecule has 3 atom stereocenters. The van der Waals surface area contributed by atoms with Gasteiger partial charge in [-0.15, -0.1) is 0 Å². The van der Waals surface area contributed by atoms with E-state index in [1.54, 1.807) is 0 Å². The molecule has 3 rings (SSSR count). The number of carbonyl (C=O) groups is 2. The molecule has 3 fully saturated rings. The second-order valence-electron chi connectivity index (χ2n) is 6.20. The van der Waals surface area contributed by atoms with Gasteiger partial charge in [-0.1, -0.05) is 6.42 Å². The van der Waals surface area contributed by atoms with Crippen LogP contribution in [0, 0.1) is 11.8 Å². The maximum Gasteiger partial charge on any atom is 0.307 e. The highest BCUT2D eigenvalue weighted by Crippen LogP contribution is 2.33. The molecule has 0 aromatic heterocycles. The van der Waals surface area contributed by atoms with Crippen molar-refractivity contribution in [2.24, 2.45) is 11.8 Å². The zero-order valence-electron chi connectivity index (χ0n) is 11.2. The quantitative estimate of drug-likeness (QED) is 0.791. The molecule has 0 aromatic carbocycles. The molecule has 2 aliphatic carbocycles. The van der Waals surface area contributed by atoms with Crippen LogP contribution in [-0.4, -0.2) is 47.1 Å². The lowest BCUT2D eigenvalue weighted by Gasteiger charge is -2.20. The summed E-state index contributed by atoms with van der Waals surface area (Å²) in [6, 6.07) is 0.975. The Balaban J connectivity index is 1.52. The van der Waals surface area contributed by atoms with Gasteiger partial charge >= 0.3 is 5.97 Å². The zero-order chi connectivity index (χ0) is 13.4. The van der Waals surface area contributed by atoms with Gasteiger partial charge < -0.3 is 10.4 Å². The van der Waals surface area contributed by atoms with E-state index in [-0.39, 0.29) is 17.9 Å². The highest BCUT2D eigenvalue weighted by atomic mass is 16.4. The molecule has 1 unspecified atom stereocenters. The molecule has 5 heteroatoms. The lowest BCUT2D eigenvalue weighted by Crippen LogP contribution is -2.42. The Kier molecular flexibility index (Phi) is 3.48. The summed E-state index contributed by atoms with van der Waals surface area (Å²) in [5, 5.41) is 12.2. The van der Waals surface area contributed by atoms with Gasteiger partial charge in [-0.25, -0.2) is 0 Å². The van der Waals surface area contributed by atoms with Crippen LogP contribution in [0.4, 0.5) is 0 Å². The average Bonchev–Trinajstić information content (AvgIpc) is 2.92. The number of hydrogen-bond acceptors (Lipinski definition) is 3. The number of carboxylic acids is 1. The summed E-state index contributed by atoms with van der Waals surface area (Å²) in [5.74, 6) is -1.63. The van der Waals surface area contributed by atoms with Gasteiger partial charge in [0.15, 0.2) is 0 Å². The summed E-state index contributed by atoms with van der Waals surface area (Å²) >= 11 is 0. The van der Waals surface area contributed by atoms with E-state index in [2.05, 4.69) is 10.2 Å². The SMILES string of the molecule is O=C(O)[C@H]1CCC[C@H]1C(=O)NC1CCN(C2CC2)C1. The van der Waals surface area contributed by atoms with E-state index in [1.807, 2.05) is 0 Å². The number of carboxylic acid groups (broad SMARTS) is 1. The van der Waals surface area contributed by atoms with Crippen LogP contribution in [0.3, 0.4) is 0 Å². The van der Waals surface area contributed by atoms with Gasteiger partial charge in [-0.2, -0.15) is 0 Å². The van der Waals surface area contributed by atoms with Crippen molar-refractivity contribution in [1.29, 1.82) is 0 Å². The summed E-state index contributed by atoms with van der Waals surface area (Å²) < 4.78 is 0. The normalized spacial score (nSPS) is 35.5. The second-order valence-corrected chi connectivity index (χ2v) is 6.20. The molecule has 5 nitrogen and oxygen atoms in total. The van der Waals surface area contributed by atoms with Gasteiger partial charge in [-0.3, -0.25) is 14.5 Å². The second kappa shape index (κ2) is 5.12. The van der Waals surface area contributed by atoms with E-state index in [0.29, 0.717) is 6.42 Å². The van der Waals surface area contributed by atoms with Crippen molar-refractivity contribution in [1.82, 2.24) is 10.2 Å². The van der Waals surface area contributed by atoms with Gasteiger partial charge in [-0.05, 0) is 32.1 Å². The highest BCUT2D eigenvalue weighted by molar-refractivity contribution is 5.85. The smallest absolute Gasteiger partial charge is 0.307 e. The van der Waals surface area contributed by atoms with E-state index < -0.39 is 11.9 Å². The fourth-order valence-corrected chi connectivity index (χ4v) is 3.55. The number of nitrogens with zero attached hydrogens (tertiary/aromatic N) is 1. The number of nitrogens with one attached hydrogen (secondary N) is 1. The average molecular weight is 266 g/mol. The predicted molar refractivity (Wildman–Crippen MR) is 69.6 cm³/mol. The molecule has 106 valence electrons. The van der Waals surface area contributed by atoms with Crippen molar-refractivity contribution in [3.05, 3.63) is 0 Å². The monoisotopic (exact) mass is 266 g/mol. The van der Waals surface area contributed by atoms with Crippen molar-refractivity contribution in [3.8, 4) is 0 Å². The van der Waals surface area contributed by atoms with Crippen molar-refractivity contribution in [2.75, 3.05) is 13.1 Å². The third-order valence-electron chi connectivity index (χ3n) is 4.80. The number of aliphatic carboxylic acids is 1. The Bertz CT molecular complexity index is 381. The molecular formula is C14H22N2O3. The van der Waals surface area contributed by atoms with Gasteiger partial charge in [0.1, 0.15) is 0 Å². The summed E-state index contributed by atoms with van der Waals surface area (Å²) in [5.41, 5.74) is 0. The van der Waals surface area contributed by atoms with Gasteiger partial charge in [0.05, 0.1) is 11.8 Å². The van der Waals surface area contributed by atoms with Crippen LogP contribution in [0.15, 0.2) is 0 Å². The molecule has 0 radical (unpaired) electrons. The van der Waals surface area contributed by atoms with Gasteiger partial charge in [0.25, 0.3) is 0 Å². The Morgan fingerprint density at radius 1 is 1.05 bits per heavy atom. The first-order valence-electron chi connectivity index (χ1n) is 7.42. The molecule has 3 aliphatic rings. The van der Waals surface area contributed by atoms with E-state index in [0.717, 1.165) is 38.4 Å². The van der Waals surface area contributed by atoms with Crippen molar-refractivity contribution >= 4 is 11.9 Å². The van der Waals surface area contributed by atoms with Crippen LogP contribution in [0.1, 0.15) is 38.5 Å². The lowest BCUT2D eigenvalue weighted by molar-refractivity contribution is -0.146. The Labute approximate surface area is 113 Å². The minimum atomic E-state index is -0.816. The predicted octanol–water partition coefficient (Wildman–Crippen LogP) is 0.840. The number of carbonyl (C=O) groups excluding carboxylic acids is 1. The number of likely N-dealkylation sites (tertiary alicyclic amines) is 1. The Morgan fingerprint density at radius 3 is 2.47 bits per heavy atom. The number of hydrogen-bond donors (Lipinski definition) is 2. The zero-order valence-corrected chi connectivity index (χ0v) is 11.2. The third-order valence-corrected chi connectivity index (χ3v) is 4.80. The molecule has 2 saturated carbocycles. The molecular weight excluding hydrogens is 244 g/mol. The van der Waals surface area contributed by atoms with Crippen LogP contribution in [-0.2, 0) is 9.59 Å². The fourth-order valence-electron chi connectivity index (χ4n) is 3.55. The van der Waals surface area contributed by atoms with Gasteiger partial charge in [0, 0.05) is 25.2 Å². The summed E-state index contributed by atoms with van der Waals surface area (Å²) in [6.07, 6.45) is 5.82. The minimum absolute atomic E-state index is 0.0347. The van der Waals surface area contributed by atoms with Crippen LogP contribution in [0.5, 0.6) is 0 Å². The van der Waals surface area contributed by atoms with Crippen LogP contribution < -0.4 is 5.32 Å². The third kappa shape index (κ3) is 2.76. The van der Waals surface area contributed by atoms with E-state index in [1.165, 1.54) is 12.8 Å². The maximum absolute atomic E-state index is 12.2. The Morgan fingerprint density at radius 2 is 1.79 bits per heavy atom. The van der Waals surface area contributed by atoms with Crippen molar-refractivity contribution in [3.63, 3.8) is 0 Å². The van der Waals surface area contributed by atoms with Crippen LogP contribution in [0.25, 0.3) is 0 Å². The fraction of sp³-hybridized carbons (Fsp3) is 0.857. The van der Waals surface area contributed by atoms with E-state index in [9.17, 15) is 9.59 Å². The standard InChI is InChI=1S/C14H22N2O3/c17-13(11-2-1-3-12(11)14(18)19)15-9-6-7-16(8-9)10-4-5-10/h9-12H,1-8H2,(H,15,17)(H,18,19)/t9?,11-,12+/m1/s1. The summed E-state index contributed by atoms with van der Waals surface area (Å²) in [4.78, 5) is 25.8. The topological polar surface area (TPSA) is 69.6 Å². The first-order valence-corrected chi connectivity index (χ1v) is 7.42. The molecule has 19 heavy (non-hydrogen) atoms. The molecule has 1 heterocycles. The first-order chi connectivity index (χ1) is 9.15. The van der Waals surface area contributed by atoms with E-state index in [4.69, 9.17) is 5.11 Å². The summed E-state index contributed by atoms with van der Waals surface area (Å²) in [7, 11) is 0. The van der Waals surface area contributed by atoms with Gasteiger partial charge in [0.2, 0.25) is 5.91 Å². The lowest BCUT2D eigenvalue weighted by atomic mass is 9.95. The van der Waals surface area contributed by atoms with Crippen LogP contribution in [0.2, 0.25) is 0 Å². The minimum Gasteiger partial charge on any atom is -0.481 e. The van der Waals surface area contributed by atoms with Crippen LogP contribution >= 0.6 is 0 Å². The molecule has 0 spiro atoms. The molecule has 1 saturated heterocycles. The number of amides is 1. The highest BCUT2D eigenvalue weighted by Gasteiger charge is 2.40. The largest absolute Gasteiger partial charge is 0.481 e. The first kappa shape index (κ1) is 12.9. The molecule has 1 aliphatic heterocycles. The molecule has 1 amide bonds. The number of rotatable bonds is 4. The molecule has 0 aromatic rings. The molecule has 0 bridgehead atoms. The van der Waals surface area contributed by atoms with E-state index >= 15 is 0 Å².